The van der Waals surface area contributed by atoms with E-state index < -0.39 is 5.54 Å². The molecule has 0 saturated heterocycles. The summed E-state index contributed by atoms with van der Waals surface area (Å²) in [5.74, 6) is 1.18. The summed E-state index contributed by atoms with van der Waals surface area (Å²) in [6, 6.07) is 18.5. The quantitative estimate of drug-likeness (QED) is 0.356. The van der Waals surface area contributed by atoms with Crippen molar-refractivity contribution in [3.8, 4) is 5.75 Å². The van der Waals surface area contributed by atoms with Gasteiger partial charge in [-0.25, -0.2) is 4.98 Å². The molecule has 5 rings (SSSR count). The number of nitrogens with one attached hydrogen (secondary N) is 2. The lowest BCUT2D eigenvalue weighted by Crippen LogP contribution is -2.47. The molecule has 3 heterocycles. The third kappa shape index (κ3) is 4.16. The summed E-state index contributed by atoms with van der Waals surface area (Å²) in [6.45, 7) is 4.93. The van der Waals surface area contributed by atoms with Crippen molar-refractivity contribution < 1.29 is 9.53 Å². The van der Waals surface area contributed by atoms with Gasteiger partial charge >= 0.3 is 0 Å². The molecular weight excluding hydrogens is 432 g/mol. The lowest BCUT2D eigenvalue weighted by atomic mass is 9.80. The van der Waals surface area contributed by atoms with Gasteiger partial charge in [0.05, 0.1) is 17.7 Å². The first-order chi connectivity index (χ1) is 16.1. The number of ether oxygens (including phenoxy) is 1. The van der Waals surface area contributed by atoms with E-state index in [1.807, 2.05) is 36.4 Å². The minimum atomic E-state index is -0.561. The number of benzene rings is 2. The number of unbranched alkanes of at least 4 members (excludes halogenated alkanes) is 1. The third-order valence-corrected chi connectivity index (χ3v) is 7.26. The van der Waals surface area contributed by atoms with Crippen LogP contribution in [0.4, 0.5) is 0 Å². The maximum absolute atomic E-state index is 13.4. The van der Waals surface area contributed by atoms with Gasteiger partial charge in [0.2, 0.25) is 0 Å². The van der Waals surface area contributed by atoms with Crippen LogP contribution in [0.2, 0.25) is 0 Å². The number of thiophene rings is 1. The monoisotopic (exact) mass is 458 g/mol. The van der Waals surface area contributed by atoms with Gasteiger partial charge in [-0.15, -0.1) is 11.3 Å². The molecule has 1 atom stereocenters. The fraction of sp³-hybridized carbons (Fsp3) is 0.269. The zero-order valence-electron chi connectivity index (χ0n) is 18.7. The number of aromatic amines is 1. The van der Waals surface area contributed by atoms with E-state index in [2.05, 4.69) is 52.5 Å². The molecule has 0 bridgehead atoms. The van der Waals surface area contributed by atoms with Gasteiger partial charge in [0, 0.05) is 16.0 Å². The largest absolute Gasteiger partial charge is 0.494 e. The molecule has 7 heteroatoms. The highest BCUT2D eigenvalue weighted by Gasteiger charge is 2.39. The Hall–Kier alpha value is -3.45. The minimum absolute atomic E-state index is 0.156. The Kier molecular flexibility index (Phi) is 5.72. The number of amides is 1. The second kappa shape index (κ2) is 8.83. The number of fused-ring (bicyclic) bond motifs is 1. The van der Waals surface area contributed by atoms with E-state index in [9.17, 15) is 4.79 Å². The van der Waals surface area contributed by atoms with Crippen LogP contribution in [0.1, 0.15) is 49.4 Å². The number of nitrogens with zero attached hydrogens (tertiary/aromatic N) is 2. The standard InChI is InChI=1S/C26H26N4O2S/c1-3-4-13-32-19-11-9-18(10-12-19)26(2)15-20(22-14-17-7-5-6-8-21(17)33-22)23(25(31)29-26)24-27-16-28-30-24/h5-12,14,16H,3-4,13,15H2,1-2H3,(H,29,31)(H,27,28,30). The summed E-state index contributed by atoms with van der Waals surface area (Å²) >= 11 is 1.70. The van der Waals surface area contributed by atoms with E-state index in [1.54, 1.807) is 11.3 Å². The Labute approximate surface area is 196 Å². The molecule has 0 fully saturated rings. The number of rotatable bonds is 7. The summed E-state index contributed by atoms with van der Waals surface area (Å²) in [5, 5.41) is 11.3. The van der Waals surface area contributed by atoms with Gasteiger partial charge in [-0.05, 0) is 54.1 Å². The average Bonchev–Trinajstić information content (AvgIpc) is 3.49. The molecule has 6 nitrogen and oxygen atoms in total. The van der Waals surface area contributed by atoms with E-state index in [-0.39, 0.29) is 5.91 Å². The molecule has 4 aromatic rings. The third-order valence-electron chi connectivity index (χ3n) is 6.08. The summed E-state index contributed by atoms with van der Waals surface area (Å²) in [7, 11) is 0. The van der Waals surface area contributed by atoms with E-state index in [1.165, 1.54) is 16.4 Å². The van der Waals surface area contributed by atoms with E-state index >= 15 is 0 Å². The fourth-order valence-electron chi connectivity index (χ4n) is 4.28. The van der Waals surface area contributed by atoms with Crippen molar-refractivity contribution in [1.82, 2.24) is 20.5 Å². The zero-order valence-corrected chi connectivity index (χ0v) is 19.5. The molecule has 33 heavy (non-hydrogen) atoms. The number of hydrogen-bond donors (Lipinski definition) is 2. The van der Waals surface area contributed by atoms with Gasteiger partial charge in [0.1, 0.15) is 12.1 Å². The molecule has 0 radical (unpaired) electrons. The van der Waals surface area contributed by atoms with Crippen LogP contribution < -0.4 is 10.1 Å². The molecule has 2 aromatic heterocycles. The SMILES string of the molecule is CCCCOc1ccc(C2(C)CC(c3cc4ccccc4s3)=C(c3ncn[nH]3)C(=O)N2)cc1. The van der Waals surface area contributed by atoms with Crippen LogP contribution in [0.5, 0.6) is 5.75 Å². The maximum atomic E-state index is 13.4. The van der Waals surface area contributed by atoms with Crippen molar-refractivity contribution in [2.75, 3.05) is 6.61 Å². The maximum Gasteiger partial charge on any atom is 0.256 e. The van der Waals surface area contributed by atoms with Crippen LogP contribution in [0, 0.1) is 0 Å². The molecule has 1 amide bonds. The van der Waals surface area contributed by atoms with Crippen LogP contribution in [0.25, 0.3) is 21.2 Å². The smallest absolute Gasteiger partial charge is 0.256 e. The first-order valence-corrected chi connectivity index (χ1v) is 12.0. The molecule has 168 valence electrons. The van der Waals surface area contributed by atoms with Crippen molar-refractivity contribution in [3.63, 3.8) is 0 Å². The summed E-state index contributed by atoms with van der Waals surface area (Å²) in [4.78, 5) is 18.8. The Morgan fingerprint density at radius 1 is 1.15 bits per heavy atom. The molecule has 0 aliphatic carbocycles. The van der Waals surface area contributed by atoms with Crippen LogP contribution >= 0.6 is 11.3 Å². The van der Waals surface area contributed by atoms with Crippen molar-refractivity contribution in [3.05, 3.63) is 77.2 Å². The van der Waals surface area contributed by atoms with Crippen molar-refractivity contribution in [2.24, 2.45) is 0 Å². The van der Waals surface area contributed by atoms with Gasteiger partial charge in [-0.1, -0.05) is 43.7 Å². The van der Waals surface area contributed by atoms with Crippen LogP contribution in [0.3, 0.4) is 0 Å². The van der Waals surface area contributed by atoms with Gasteiger partial charge in [0.15, 0.2) is 5.82 Å². The zero-order chi connectivity index (χ0) is 22.8. The normalized spacial score (nSPS) is 18.5. The fourth-order valence-corrected chi connectivity index (χ4v) is 5.39. The van der Waals surface area contributed by atoms with E-state index in [4.69, 9.17) is 4.74 Å². The van der Waals surface area contributed by atoms with Crippen molar-refractivity contribution in [1.29, 1.82) is 0 Å². The van der Waals surface area contributed by atoms with Crippen molar-refractivity contribution in [2.45, 2.75) is 38.6 Å². The Morgan fingerprint density at radius 3 is 2.70 bits per heavy atom. The number of carbonyl (C=O) groups excluding carboxylic acids is 1. The van der Waals surface area contributed by atoms with Gasteiger partial charge in [-0.2, -0.15) is 5.10 Å². The first kappa shape index (κ1) is 21.4. The predicted molar refractivity (Wildman–Crippen MR) is 132 cm³/mol. The number of hydrogen-bond acceptors (Lipinski definition) is 5. The minimum Gasteiger partial charge on any atom is -0.494 e. The molecule has 1 unspecified atom stereocenters. The lowest BCUT2D eigenvalue weighted by molar-refractivity contribution is -0.117. The summed E-state index contributed by atoms with van der Waals surface area (Å²) < 4.78 is 7.01. The predicted octanol–water partition coefficient (Wildman–Crippen LogP) is 5.54. The van der Waals surface area contributed by atoms with E-state index in [0.717, 1.165) is 34.6 Å². The molecule has 0 spiro atoms. The van der Waals surface area contributed by atoms with E-state index in [0.29, 0.717) is 24.4 Å². The topological polar surface area (TPSA) is 79.9 Å². The summed E-state index contributed by atoms with van der Waals surface area (Å²) in [6.07, 6.45) is 4.20. The second-order valence-corrected chi connectivity index (χ2v) is 9.61. The Balaban J connectivity index is 1.54. The van der Waals surface area contributed by atoms with Gasteiger partial charge < -0.3 is 10.1 Å². The van der Waals surface area contributed by atoms with Gasteiger partial charge in [-0.3, -0.25) is 9.89 Å². The van der Waals surface area contributed by atoms with Crippen LogP contribution in [-0.4, -0.2) is 27.7 Å². The second-order valence-electron chi connectivity index (χ2n) is 8.53. The molecule has 0 saturated carbocycles. The number of aromatic nitrogens is 3. The first-order valence-electron chi connectivity index (χ1n) is 11.2. The highest BCUT2D eigenvalue weighted by molar-refractivity contribution is 7.20. The van der Waals surface area contributed by atoms with Gasteiger partial charge in [0.25, 0.3) is 5.91 Å². The molecule has 2 N–H and O–H groups in total. The average molecular weight is 459 g/mol. The Morgan fingerprint density at radius 2 is 1.97 bits per heavy atom. The molecule has 2 aromatic carbocycles. The molecule has 1 aliphatic rings. The molecule has 1 aliphatic heterocycles. The van der Waals surface area contributed by atoms with Crippen LogP contribution in [0.15, 0.2) is 60.9 Å². The summed E-state index contributed by atoms with van der Waals surface area (Å²) in [5.41, 5.74) is 2.00. The number of H-pyrrole nitrogens is 1. The van der Waals surface area contributed by atoms with Crippen molar-refractivity contribution >= 4 is 38.5 Å². The molecular formula is C26H26N4O2S. The Bertz CT molecular complexity index is 1270. The number of carbonyl (C=O) groups is 1. The lowest BCUT2D eigenvalue weighted by Gasteiger charge is -2.37. The highest BCUT2D eigenvalue weighted by Crippen LogP contribution is 2.44. The highest BCUT2D eigenvalue weighted by atomic mass is 32.1. The van der Waals surface area contributed by atoms with Crippen LogP contribution in [-0.2, 0) is 10.3 Å².